The van der Waals surface area contributed by atoms with Crippen LogP contribution >= 0.6 is 58.2 Å². The Morgan fingerprint density at radius 1 is 1.24 bits per heavy atom. The van der Waals surface area contributed by atoms with Crippen molar-refractivity contribution < 1.29 is 63.8 Å². The molecule has 5 rings (SSSR count). The number of pyridine rings is 1. The number of nitrogens with two attached hydrogens (primary N) is 1. The van der Waals surface area contributed by atoms with Gasteiger partial charge < -0.3 is 35.7 Å². The van der Waals surface area contributed by atoms with Gasteiger partial charge in [-0.3, -0.25) is 19.3 Å². The molecule has 0 spiro atoms. The molecule has 2 aliphatic rings. The molecule has 0 unspecified atom stereocenters. The third kappa shape index (κ3) is 7.59. The van der Waals surface area contributed by atoms with Gasteiger partial charge in [-0.05, 0) is 5.57 Å². The number of hydrogen-bond donors (Lipinski definition) is 3. The molecule has 0 aliphatic carbocycles. The molecular weight excluding hydrogens is 702 g/mol. The molecule has 0 aromatic carbocycles. The third-order valence-electron chi connectivity index (χ3n) is 5.95. The summed E-state index contributed by atoms with van der Waals surface area (Å²) in [6.45, 7) is 0. The molecule has 3 aromatic rings. The minimum absolute atomic E-state index is 0. The van der Waals surface area contributed by atoms with Crippen molar-refractivity contribution in [3.63, 3.8) is 0 Å². The molecule has 1 saturated heterocycles. The van der Waals surface area contributed by atoms with Crippen molar-refractivity contribution in [3.05, 3.63) is 45.3 Å². The number of amides is 2. The molecule has 2 amide bonds. The number of rotatable bonds is 12. The number of carbonyl (C=O) groups excluding carboxylic acids is 3. The molecule has 2 atom stereocenters. The number of aromatic hydroxyl groups is 1. The summed E-state index contributed by atoms with van der Waals surface area (Å²) in [6.07, 6.45) is 1.18. The molecular formula is C22H20N9NaO8S5. The number of aromatic nitrogens is 5. The number of aliphatic carboxylic acids is 1. The van der Waals surface area contributed by atoms with E-state index in [-0.39, 0.29) is 63.4 Å². The van der Waals surface area contributed by atoms with Crippen molar-refractivity contribution >= 4 is 86.8 Å². The summed E-state index contributed by atoms with van der Waals surface area (Å²) in [5.74, 6) is -2.67. The van der Waals surface area contributed by atoms with Gasteiger partial charge in [-0.2, -0.15) is 14.1 Å². The van der Waals surface area contributed by atoms with Crippen molar-refractivity contribution in [1.82, 2.24) is 34.5 Å². The van der Waals surface area contributed by atoms with Crippen molar-refractivity contribution in [2.75, 3.05) is 31.5 Å². The smallest absolute Gasteiger partial charge is 0.543 e. The van der Waals surface area contributed by atoms with E-state index >= 15 is 0 Å². The first-order chi connectivity index (χ1) is 21.1. The maximum atomic E-state index is 13.0. The van der Waals surface area contributed by atoms with E-state index in [0.29, 0.717) is 25.7 Å². The van der Waals surface area contributed by atoms with Crippen LogP contribution in [0.2, 0.25) is 0 Å². The summed E-state index contributed by atoms with van der Waals surface area (Å²) in [4.78, 5) is 64.7. The number of oxime groups is 1. The maximum absolute atomic E-state index is 13.0. The largest absolute Gasteiger partial charge is 1.00 e. The average molecular weight is 722 g/mol. The van der Waals surface area contributed by atoms with Crippen molar-refractivity contribution in [2.45, 2.75) is 25.8 Å². The zero-order valence-electron chi connectivity index (χ0n) is 23.5. The van der Waals surface area contributed by atoms with E-state index in [1.54, 1.807) is 0 Å². The Hall–Kier alpha value is -2.86. The summed E-state index contributed by atoms with van der Waals surface area (Å²) in [5.41, 5.74) is 5.47. The minimum atomic E-state index is -1.51. The summed E-state index contributed by atoms with van der Waals surface area (Å²) in [5, 5.41) is 35.6. The number of hydrogen-bond acceptors (Lipinski definition) is 19. The number of carboxylic acid groups (broad SMARTS) is 1. The Balaban J connectivity index is 0.00000461. The van der Waals surface area contributed by atoms with Crippen molar-refractivity contribution in [1.29, 1.82) is 0 Å². The van der Waals surface area contributed by atoms with Gasteiger partial charge in [-0.15, -0.1) is 22.0 Å². The number of carboxylic acids is 1. The first-order valence-corrected chi connectivity index (χ1v) is 16.7. The fourth-order valence-corrected chi connectivity index (χ4v) is 8.91. The molecule has 0 radical (unpaired) electrons. The fourth-order valence-electron chi connectivity index (χ4n) is 4.02. The molecule has 3 aromatic heterocycles. The fraction of sp³-hybridized carbons (Fsp3) is 0.318. The number of fused-ring (bicyclic) bond motifs is 1. The van der Waals surface area contributed by atoms with Crippen LogP contribution in [0.5, 0.6) is 5.75 Å². The van der Waals surface area contributed by atoms with Gasteiger partial charge in [0.15, 0.2) is 19.6 Å². The van der Waals surface area contributed by atoms with E-state index in [0.717, 1.165) is 16.4 Å². The molecule has 2 aliphatic heterocycles. The third-order valence-corrected chi connectivity index (χ3v) is 11.1. The van der Waals surface area contributed by atoms with E-state index in [2.05, 4.69) is 30.0 Å². The van der Waals surface area contributed by atoms with Crippen LogP contribution < -0.4 is 56.0 Å². The number of nitrogens with zero attached hydrogens (tertiary/aromatic N) is 7. The first-order valence-electron chi connectivity index (χ1n) is 12.1. The van der Waals surface area contributed by atoms with Crippen LogP contribution in [0.15, 0.2) is 42.2 Å². The first kappa shape index (κ1) is 35.0. The standard InChI is InChI=1S/C22H21N9O8S5.Na/c1-38-28-12(15-25-20(23)44-29-15)16(34)24-13-17(35)31-14(19(36)37)8(5-40-18(13)31)6-41-21-26-27-22(43-21)42-7-9-3-10(32)11(33)4-30(9)39-2;/h3-4,13,18,33H,5-7H2,1-2H3,(H,24,34)(H,36,37)(H2,23,25,29);/q;+1/p-1/b28-12-;/t13-,18+;/m1./s1. The Morgan fingerprint density at radius 3 is 2.58 bits per heavy atom. The van der Waals surface area contributed by atoms with Gasteiger partial charge in [0.25, 0.3) is 11.8 Å². The van der Waals surface area contributed by atoms with E-state index < -0.39 is 40.4 Å². The number of nitrogens with one attached hydrogen (secondary N) is 1. The summed E-state index contributed by atoms with van der Waals surface area (Å²) < 4.78 is 6.36. The van der Waals surface area contributed by atoms with Gasteiger partial charge in [-0.1, -0.05) is 40.0 Å². The van der Waals surface area contributed by atoms with Gasteiger partial charge in [0.2, 0.25) is 17.0 Å². The van der Waals surface area contributed by atoms with E-state index in [1.165, 1.54) is 77.8 Å². The number of carbonyl (C=O) groups is 3. The number of nitrogen functional groups attached to an aromatic ring is 1. The predicted molar refractivity (Wildman–Crippen MR) is 160 cm³/mol. The zero-order chi connectivity index (χ0) is 31.5. The Labute approximate surface area is 296 Å². The molecule has 45 heavy (non-hydrogen) atoms. The topological polar surface area (TPSA) is 240 Å². The Kier molecular flexibility index (Phi) is 11.8. The van der Waals surface area contributed by atoms with Crippen LogP contribution in [0.1, 0.15) is 11.5 Å². The van der Waals surface area contributed by atoms with Gasteiger partial charge in [-0.25, -0.2) is 0 Å². The average Bonchev–Trinajstić information content (AvgIpc) is 3.65. The van der Waals surface area contributed by atoms with Crippen LogP contribution in [-0.2, 0) is 25.0 Å². The van der Waals surface area contributed by atoms with Crippen LogP contribution in [0.4, 0.5) is 5.13 Å². The van der Waals surface area contributed by atoms with Crippen LogP contribution in [0, 0.1) is 0 Å². The van der Waals surface area contributed by atoms with Crippen molar-refractivity contribution in [3.8, 4) is 5.75 Å². The second kappa shape index (κ2) is 15.2. The summed E-state index contributed by atoms with van der Waals surface area (Å²) >= 11 is 5.95. The minimum Gasteiger partial charge on any atom is -0.543 e. The second-order valence-corrected chi connectivity index (χ2v) is 13.9. The second-order valence-electron chi connectivity index (χ2n) is 8.61. The van der Waals surface area contributed by atoms with Crippen molar-refractivity contribution in [2.24, 2.45) is 5.16 Å². The summed E-state index contributed by atoms with van der Waals surface area (Å²) in [6, 6.07) is 0.234. The quantitative estimate of drug-likeness (QED) is 0.0527. The number of β-lactam (4-membered cyclic amide) rings is 1. The summed E-state index contributed by atoms with van der Waals surface area (Å²) in [7, 11) is 2.63. The van der Waals surface area contributed by atoms with Gasteiger partial charge >= 0.3 is 29.6 Å². The Bertz CT molecular complexity index is 1740. The van der Waals surface area contributed by atoms with Gasteiger partial charge in [0.1, 0.15) is 25.6 Å². The van der Waals surface area contributed by atoms with Crippen LogP contribution in [0.25, 0.3) is 0 Å². The Morgan fingerprint density at radius 2 is 1.96 bits per heavy atom. The van der Waals surface area contributed by atoms with E-state index in [1.807, 2.05) is 0 Å². The zero-order valence-corrected chi connectivity index (χ0v) is 29.6. The van der Waals surface area contributed by atoms with Crippen LogP contribution in [0.3, 0.4) is 0 Å². The SMILES string of the molecule is CO/N=C(\C(=O)N[C@@H]1C(=O)N2C(C(=O)[O-])=C(CSc3nnc(SCc4cc(=O)c(O)cn4OC)s3)CS[C@@H]12)c1nsc(N)n1.[Na+]. The molecule has 17 nitrogen and oxygen atoms in total. The van der Waals surface area contributed by atoms with Crippen LogP contribution in [-0.4, -0.2) is 94.9 Å². The van der Waals surface area contributed by atoms with E-state index in [9.17, 15) is 29.4 Å². The molecule has 1 fully saturated rings. The number of anilines is 1. The monoisotopic (exact) mass is 721 g/mol. The maximum Gasteiger partial charge on any atom is 1.00 e. The molecule has 5 heterocycles. The van der Waals surface area contributed by atoms with Gasteiger partial charge in [0, 0.05) is 34.9 Å². The molecule has 0 saturated carbocycles. The number of thioether (sulfide) groups is 3. The molecule has 0 bridgehead atoms. The molecule has 232 valence electrons. The van der Waals surface area contributed by atoms with Gasteiger partial charge in [0.05, 0.1) is 23.6 Å². The van der Waals surface area contributed by atoms with E-state index in [4.69, 9.17) is 15.4 Å². The predicted octanol–water partition coefficient (Wildman–Crippen LogP) is -4.26. The molecule has 23 heteroatoms. The molecule has 4 N–H and O–H groups in total. The normalized spacial score (nSPS) is 17.7.